The van der Waals surface area contributed by atoms with Crippen LogP contribution in [0.4, 0.5) is 17.1 Å². The molecule has 5 heterocycles. The van der Waals surface area contributed by atoms with Crippen LogP contribution in [0.3, 0.4) is 0 Å². The molecule has 0 radical (unpaired) electrons. The number of amides is 7. The van der Waals surface area contributed by atoms with Crippen LogP contribution in [-0.2, 0) is 35.2 Å². The Bertz CT molecular complexity index is 3060. The van der Waals surface area contributed by atoms with Gasteiger partial charge in [-0.3, -0.25) is 47.2 Å². The molecule has 0 unspecified atom stereocenters. The summed E-state index contributed by atoms with van der Waals surface area (Å²) in [5.41, 5.74) is 3.16. The van der Waals surface area contributed by atoms with E-state index in [1.165, 1.54) is 31.5 Å². The topological polar surface area (TPSA) is 460 Å². The van der Waals surface area contributed by atoms with E-state index in [4.69, 9.17) is 0 Å². The number of hydrogen-bond acceptors (Lipinski definition) is 24. The molecule has 5 aliphatic heterocycles. The number of fused-ring (bicyclic) bond motifs is 2. The molecule has 32 heteroatoms. The van der Waals surface area contributed by atoms with Gasteiger partial charge in [-0.2, -0.15) is 0 Å². The number of aliphatic hydroxyl groups is 8. The Labute approximate surface area is 539 Å². The van der Waals surface area contributed by atoms with Gasteiger partial charge in [-0.1, -0.05) is 19.9 Å². The van der Waals surface area contributed by atoms with Crippen molar-refractivity contribution in [1.82, 2.24) is 41.7 Å². The highest BCUT2D eigenvalue weighted by Gasteiger charge is 2.50. The van der Waals surface area contributed by atoms with Crippen molar-refractivity contribution in [1.29, 1.82) is 0 Å². The van der Waals surface area contributed by atoms with Gasteiger partial charge in [-0.05, 0) is 105 Å². The quantitative estimate of drug-likeness (QED) is 0.0595. The lowest BCUT2D eigenvalue weighted by atomic mass is 9.98. The van der Waals surface area contributed by atoms with E-state index in [-0.39, 0.29) is 24.2 Å². The van der Waals surface area contributed by atoms with Crippen molar-refractivity contribution in [3.8, 4) is 11.5 Å². The van der Waals surface area contributed by atoms with Crippen molar-refractivity contribution in [2.24, 2.45) is 11.8 Å². The number of carbonyl (C=O) groups excluding carboxylic acids is 7. The van der Waals surface area contributed by atoms with Crippen molar-refractivity contribution in [3.05, 3.63) is 77.9 Å². The van der Waals surface area contributed by atoms with Gasteiger partial charge in [0.05, 0.1) is 55.9 Å². The fourth-order valence-electron chi connectivity index (χ4n) is 12.4. The maximum atomic E-state index is 15.0. The summed E-state index contributed by atoms with van der Waals surface area (Å²) in [6.07, 6.45) is -10.6. The van der Waals surface area contributed by atoms with Crippen LogP contribution in [0.25, 0.3) is 0 Å². The molecule has 0 aliphatic carbocycles. The minimum absolute atomic E-state index is 0.0561. The van der Waals surface area contributed by atoms with Gasteiger partial charge in [0, 0.05) is 107 Å². The van der Waals surface area contributed by atoms with E-state index in [0.29, 0.717) is 13.1 Å². The van der Waals surface area contributed by atoms with Gasteiger partial charge in [-0.15, -0.1) is 0 Å². The Morgan fingerprint density at radius 2 is 1.23 bits per heavy atom. The minimum Gasteiger partial charge on any atom is -0.504 e. The van der Waals surface area contributed by atoms with E-state index >= 15 is 0 Å². The lowest BCUT2D eigenvalue weighted by molar-refractivity contribution is -0.147. The van der Waals surface area contributed by atoms with Gasteiger partial charge in [0.25, 0.3) is 17.1 Å². The van der Waals surface area contributed by atoms with E-state index in [0.717, 1.165) is 72.3 Å². The highest BCUT2D eigenvalue weighted by Crippen LogP contribution is 2.41. The second kappa shape index (κ2) is 31.8. The third-order valence-electron chi connectivity index (χ3n) is 17.9. The SMILES string of the molecule is CC1CCN(c2ccc(N3CCN(c4ccc(C(=O)N[C@H]5C[C@@H](O)CNC(=O)[C@@H]6[C@@H](O)[C@@H](C)CN6C(=O)[C@H]([C@H](O)CCNC(CO)CO)NC(=O)[C@H]([C@H](O)Cc6ccc(O)c(OS(O)(O)O)c6)NC(=O)[C@@H]6C[C@@H](O)CN6C(=O)[C@H]([C@@H](C)O)NC5=O)cc4)CC3)cc2)CC1. The third kappa shape index (κ3) is 18.4. The standard InChI is InChI=1S/C61H89N11O20S/c1-33-15-18-68(19-16-33)40-9-11-41(12-10-40)70-22-20-69(21-23-70)39-7-5-37(6-8-39)55(82)64-44-26-42(76)28-63-59(86)53-54(81)34(2)29-72(53)61(88)52(47(79)14-17-62-38(31-73)32-74)67-58(85)51(48(80)24-36-4-13-46(78)49(25-36)92-93(89,90)91)66-57(84)45-27-43(77)30-71(45)60(87)50(35(3)75)65-56(44)83/h4-13,25,33-35,38,42-45,47-48,50-54,62,73-81,89-91H,14-24,26-32H2,1-3H3,(H,63,86)(H,64,82)(H,65,83)(H,66,84)(H,67,85)/t34-,35+,42+,43+,44-,45-,47+,48+,50-,51-,52-,53-,54-/m0/s1. The van der Waals surface area contributed by atoms with Crippen molar-refractivity contribution in [2.75, 3.05) is 93.4 Å². The van der Waals surface area contributed by atoms with Crippen molar-refractivity contribution in [2.45, 2.75) is 138 Å². The summed E-state index contributed by atoms with van der Waals surface area (Å²) in [7, 11) is 0. The largest absolute Gasteiger partial charge is 0.504 e. The Balaban J connectivity index is 1.06. The summed E-state index contributed by atoms with van der Waals surface area (Å²) in [6, 6.07) is 5.83. The van der Waals surface area contributed by atoms with Gasteiger partial charge >= 0.3 is 0 Å². The van der Waals surface area contributed by atoms with Crippen molar-refractivity contribution >= 4 is 69.6 Å². The number of β-amino-alcohol motifs (C(OH)–C–C–N with tert-alkyl or cyclic N) is 1. The number of hydrogen-bond donors (Lipinski definition) is 18. The molecule has 0 aromatic heterocycles. The zero-order valence-electron chi connectivity index (χ0n) is 52.0. The van der Waals surface area contributed by atoms with Crippen molar-refractivity contribution < 1.29 is 97.4 Å². The smallest absolute Gasteiger partial charge is 0.266 e. The van der Waals surface area contributed by atoms with E-state index in [1.807, 2.05) is 0 Å². The number of piperidine rings is 1. The summed E-state index contributed by atoms with van der Waals surface area (Å²) < 4.78 is 33.4. The highest BCUT2D eigenvalue weighted by molar-refractivity contribution is 8.15. The molecule has 3 aromatic carbocycles. The summed E-state index contributed by atoms with van der Waals surface area (Å²) in [6.45, 7) is 6.77. The maximum absolute atomic E-state index is 15.0. The second-order valence-electron chi connectivity index (χ2n) is 24.9. The molecule has 5 fully saturated rings. The van der Waals surface area contributed by atoms with Crippen molar-refractivity contribution in [3.63, 3.8) is 0 Å². The molecule has 3 aromatic rings. The lowest BCUT2D eigenvalue weighted by Crippen LogP contribution is -2.64. The fraction of sp³-hybridized carbons (Fsp3) is 0.590. The third-order valence-corrected chi connectivity index (χ3v) is 18.3. The van der Waals surface area contributed by atoms with Gasteiger partial charge in [0.1, 0.15) is 36.3 Å². The second-order valence-corrected chi connectivity index (χ2v) is 26.0. The molecule has 93 heavy (non-hydrogen) atoms. The average Bonchev–Trinajstić information content (AvgIpc) is 1.66. The monoisotopic (exact) mass is 1330 g/mol. The molecular formula is C61H89N11O20S. The van der Waals surface area contributed by atoms with Crippen LogP contribution < -0.4 is 50.8 Å². The van der Waals surface area contributed by atoms with E-state index in [2.05, 4.69) is 82.0 Å². The molecule has 13 atom stereocenters. The van der Waals surface area contributed by atoms with E-state index < -0.39 is 201 Å². The first-order valence-corrected chi connectivity index (χ1v) is 32.7. The molecule has 0 saturated carbocycles. The molecule has 0 spiro atoms. The minimum atomic E-state index is -4.74. The number of piperazine rings is 1. The molecule has 514 valence electrons. The number of phenols is 1. The van der Waals surface area contributed by atoms with Crippen LogP contribution >= 0.6 is 11.2 Å². The van der Waals surface area contributed by atoms with Crippen LogP contribution in [0.2, 0.25) is 0 Å². The summed E-state index contributed by atoms with van der Waals surface area (Å²) >= 11 is -4.74. The molecule has 5 aliphatic rings. The molecule has 0 bridgehead atoms. The fourth-order valence-corrected chi connectivity index (χ4v) is 12.7. The molecular weight excluding hydrogens is 1240 g/mol. The Hall–Kier alpha value is -7.18. The van der Waals surface area contributed by atoms with Gasteiger partial charge in [0.2, 0.25) is 35.4 Å². The van der Waals surface area contributed by atoms with Gasteiger partial charge < -0.3 is 107 Å². The molecule has 8 rings (SSSR count). The highest BCUT2D eigenvalue weighted by atomic mass is 32.3. The first-order chi connectivity index (χ1) is 44.1. The number of nitrogens with one attached hydrogen (secondary N) is 6. The zero-order valence-corrected chi connectivity index (χ0v) is 52.8. The molecule has 31 nitrogen and oxygen atoms in total. The first-order valence-electron chi connectivity index (χ1n) is 31.2. The Morgan fingerprint density at radius 3 is 1.81 bits per heavy atom. The number of carbonyl (C=O) groups is 7. The van der Waals surface area contributed by atoms with E-state index in [1.54, 1.807) is 24.3 Å². The summed E-state index contributed by atoms with van der Waals surface area (Å²) in [5, 5.41) is 114. The number of aromatic hydroxyl groups is 1. The molecule has 7 amide bonds. The predicted molar refractivity (Wildman–Crippen MR) is 338 cm³/mol. The molecule has 18 N–H and O–H groups in total. The molecule has 5 saturated heterocycles. The number of benzene rings is 3. The zero-order chi connectivity index (χ0) is 67.6. The number of rotatable bonds is 18. The van der Waals surface area contributed by atoms with Crippen LogP contribution in [-0.4, -0.2) is 268 Å². The Kier molecular flexibility index (Phi) is 24.5. The van der Waals surface area contributed by atoms with Crippen LogP contribution in [0, 0.1) is 11.8 Å². The van der Waals surface area contributed by atoms with E-state index in [9.17, 15) is 93.2 Å². The number of phenolic OH excluding ortho intramolecular Hbond substituents is 1. The van der Waals surface area contributed by atoms with Crippen LogP contribution in [0.1, 0.15) is 68.8 Å². The normalized spacial score (nSPS) is 27.3. The lowest BCUT2D eigenvalue weighted by Gasteiger charge is -2.38. The van der Waals surface area contributed by atoms with Gasteiger partial charge in [-0.25, -0.2) is 0 Å². The maximum Gasteiger partial charge on any atom is 0.266 e. The van der Waals surface area contributed by atoms with Crippen LogP contribution in [0.15, 0.2) is 66.7 Å². The summed E-state index contributed by atoms with van der Waals surface area (Å²) in [4.78, 5) is 111. The first kappa shape index (κ1) is 71.7. The number of nitrogens with zero attached hydrogens (tertiary/aromatic N) is 5. The number of anilines is 3. The Morgan fingerprint density at radius 1 is 0.667 bits per heavy atom. The van der Waals surface area contributed by atoms with Crippen LogP contribution in [0.5, 0.6) is 11.5 Å². The average molecular weight is 1330 g/mol. The number of aliphatic hydroxyl groups excluding tert-OH is 8. The predicted octanol–water partition coefficient (Wildman–Crippen LogP) is -3.25. The summed E-state index contributed by atoms with van der Waals surface area (Å²) in [5.74, 6) is -9.58. The van der Waals surface area contributed by atoms with Gasteiger partial charge in [0.15, 0.2) is 11.5 Å².